The van der Waals surface area contributed by atoms with Gasteiger partial charge in [0.25, 0.3) is 0 Å². The summed E-state index contributed by atoms with van der Waals surface area (Å²) < 4.78 is 36.6. The van der Waals surface area contributed by atoms with Crippen molar-refractivity contribution in [2.24, 2.45) is 0 Å². The zero-order valence-corrected chi connectivity index (χ0v) is 21.9. The molecule has 0 radical (unpaired) electrons. The van der Waals surface area contributed by atoms with Crippen molar-refractivity contribution in [3.63, 3.8) is 0 Å². The van der Waals surface area contributed by atoms with Gasteiger partial charge in [-0.1, -0.05) is 19.6 Å². The highest BCUT2D eigenvalue weighted by molar-refractivity contribution is 14.1. The highest BCUT2D eigenvalue weighted by Crippen LogP contribution is 2.39. The fourth-order valence-electron chi connectivity index (χ4n) is 3.47. The van der Waals surface area contributed by atoms with E-state index in [0.717, 1.165) is 18.2 Å². The maximum Gasteiger partial charge on any atom is 0.332 e. The van der Waals surface area contributed by atoms with E-state index in [1.54, 1.807) is 46.6 Å². The summed E-state index contributed by atoms with van der Waals surface area (Å²) in [5.74, 6) is -2.61. The van der Waals surface area contributed by atoms with Gasteiger partial charge in [0.2, 0.25) is 5.91 Å². The minimum absolute atomic E-state index is 0.151. The van der Waals surface area contributed by atoms with Gasteiger partial charge in [0.15, 0.2) is 11.6 Å². The van der Waals surface area contributed by atoms with E-state index in [4.69, 9.17) is 4.74 Å². The van der Waals surface area contributed by atoms with Gasteiger partial charge in [-0.25, -0.2) is 23.2 Å². The first kappa shape index (κ1) is 24.8. The number of hydrogen-bond acceptors (Lipinski definition) is 4. The average Bonchev–Trinajstić information content (AvgIpc) is 3.14. The van der Waals surface area contributed by atoms with Crippen molar-refractivity contribution >= 4 is 48.3 Å². The van der Waals surface area contributed by atoms with Crippen molar-refractivity contribution in [2.75, 3.05) is 18.6 Å². The van der Waals surface area contributed by atoms with E-state index in [1.807, 2.05) is 0 Å². The first-order valence-corrected chi connectivity index (χ1v) is 15.0. The number of halogens is 3. The molecule has 1 saturated heterocycles. The van der Waals surface area contributed by atoms with Gasteiger partial charge in [0, 0.05) is 37.1 Å². The number of aromatic nitrogens is 2. The van der Waals surface area contributed by atoms with Crippen LogP contribution in [0, 0.1) is 15.2 Å². The number of imide groups is 1. The molecule has 1 fully saturated rings. The quantitative estimate of drug-likeness (QED) is 0.271. The Hall–Kier alpha value is -1.86. The maximum atomic E-state index is 14.5. The van der Waals surface area contributed by atoms with Crippen LogP contribution in [0.25, 0.3) is 0 Å². The number of urea groups is 1. The molecule has 1 aromatic heterocycles. The second kappa shape index (κ2) is 9.18. The number of carbonyl (C=O) groups excluding carboxylic acids is 2. The van der Waals surface area contributed by atoms with Gasteiger partial charge in [-0.05, 0) is 47.7 Å². The van der Waals surface area contributed by atoms with Crippen LogP contribution in [0.1, 0.15) is 18.9 Å². The molecule has 11 heteroatoms. The van der Waals surface area contributed by atoms with E-state index >= 15 is 0 Å². The van der Waals surface area contributed by atoms with E-state index < -0.39 is 42.9 Å². The Morgan fingerprint density at radius 2 is 1.84 bits per heavy atom. The lowest BCUT2D eigenvalue weighted by molar-refractivity contribution is -0.122. The summed E-state index contributed by atoms with van der Waals surface area (Å²) in [7, 11) is 0.312. The third-order valence-corrected chi connectivity index (χ3v) is 7.97. The molecule has 0 spiro atoms. The summed E-state index contributed by atoms with van der Waals surface area (Å²) in [6, 6.07) is 2.40. The van der Waals surface area contributed by atoms with E-state index in [1.165, 1.54) is 11.9 Å². The van der Waals surface area contributed by atoms with Crippen LogP contribution in [0.5, 0.6) is 0 Å². The summed E-state index contributed by atoms with van der Waals surface area (Å²) in [6.07, 6.45) is 3.16. The normalized spacial score (nSPS) is 19.8. The highest BCUT2D eigenvalue weighted by Gasteiger charge is 2.48. The Labute approximate surface area is 200 Å². The van der Waals surface area contributed by atoms with Crippen LogP contribution in [0.15, 0.2) is 24.5 Å². The van der Waals surface area contributed by atoms with Crippen LogP contribution in [0.4, 0.5) is 19.3 Å². The molecule has 174 valence electrons. The first-order chi connectivity index (χ1) is 14.8. The van der Waals surface area contributed by atoms with Crippen molar-refractivity contribution in [1.82, 2.24) is 14.7 Å². The molecule has 2 aromatic rings. The van der Waals surface area contributed by atoms with Gasteiger partial charge in [0.1, 0.15) is 12.4 Å². The summed E-state index contributed by atoms with van der Waals surface area (Å²) >= 11 is 1.77. The van der Waals surface area contributed by atoms with Gasteiger partial charge in [0.05, 0.1) is 18.2 Å². The van der Waals surface area contributed by atoms with Gasteiger partial charge in [-0.2, -0.15) is 5.10 Å². The Morgan fingerprint density at radius 3 is 2.44 bits per heavy atom. The van der Waals surface area contributed by atoms with Gasteiger partial charge >= 0.3 is 6.03 Å². The molecule has 32 heavy (non-hydrogen) atoms. The van der Waals surface area contributed by atoms with E-state index in [9.17, 15) is 18.4 Å². The average molecular weight is 576 g/mol. The minimum Gasteiger partial charge on any atom is -0.360 e. The number of hydrogen-bond donors (Lipinski definition) is 0. The molecule has 1 aliphatic rings. The second-order valence-corrected chi connectivity index (χ2v) is 16.2. The monoisotopic (exact) mass is 576 g/mol. The molecule has 0 saturated carbocycles. The third kappa shape index (κ3) is 5.04. The number of benzene rings is 1. The van der Waals surface area contributed by atoms with Crippen molar-refractivity contribution in [2.45, 2.75) is 51.3 Å². The molecule has 1 atom stereocenters. The van der Waals surface area contributed by atoms with Crippen LogP contribution >= 0.6 is 22.6 Å². The van der Waals surface area contributed by atoms with Crippen molar-refractivity contribution < 1.29 is 23.1 Å². The van der Waals surface area contributed by atoms with E-state index in [-0.39, 0.29) is 13.2 Å². The maximum absolute atomic E-state index is 14.5. The molecule has 0 N–H and O–H groups in total. The van der Waals surface area contributed by atoms with Crippen molar-refractivity contribution in [3.8, 4) is 0 Å². The number of amides is 3. The lowest BCUT2D eigenvalue weighted by Gasteiger charge is -2.45. The summed E-state index contributed by atoms with van der Waals surface area (Å²) in [6.45, 7) is 9.45. The molecular formula is C21H27F2IN4O3Si. The first-order valence-electron chi connectivity index (χ1n) is 10.2. The second-order valence-electron chi connectivity index (χ2n) is 9.36. The summed E-state index contributed by atoms with van der Waals surface area (Å²) in [5, 5.41) is 4.29. The largest absolute Gasteiger partial charge is 0.360 e. The molecular weight excluding hydrogens is 549 g/mol. The molecule has 7 nitrogen and oxygen atoms in total. The zero-order chi connectivity index (χ0) is 23.8. The molecule has 3 amide bonds. The van der Waals surface area contributed by atoms with Crippen LogP contribution < -0.4 is 4.90 Å². The number of ether oxygens (including phenoxy) is 1. The van der Waals surface area contributed by atoms with Crippen LogP contribution in [0.3, 0.4) is 0 Å². The third-order valence-electron chi connectivity index (χ3n) is 5.64. The van der Waals surface area contributed by atoms with Gasteiger partial charge < -0.3 is 9.64 Å². The topological polar surface area (TPSA) is 67.7 Å². The molecule has 1 unspecified atom stereocenters. The van der Waals surface area contributed by atoms with Gasteiger partial charge in [-0.15, -0.1) is 0 Å². The van der Waals surface area contributed by atoms with Crippen LogP contribution in [-0.4, -0.2) is 48.3 Å². The Morgan fingerprint density at radius 1 is 1.22 bits per heavy atom. The summed E-state index contributed by atoms with van der Waals surface area (Å²) in [5.41, 5.74) is -1.03. The fraction of sp³-hybridized carbons (Fsp3) is 0.476. The number of rotatable bonds is 7. The van der Waals surface area contributed by atoms with Crippen molar-refractivity contribution in [3.05, 3.63) is 45.3 Å². The molecule has 0 bridgehead atoms. The number of nitrogens with zero attached hydrogens (tertiary/aromatic N) is 4. The van der Waals surface area contributed by atoms with Crippen molar-refractivity contribution in [1.29, 1.82) is 0 Å². The lowest BCUT2D eigenvalue weighted by Crippen LogP contribution is -2.60. The Bertz CT molecular complexity index is 1020. The molecule has 0 aliphatic carbocycles. The summed E-state index contributed by atoms with van der Waals surface area (Å²) in [4.78, 5) is 27.9. The van der Waals surface area contributed by atoms with Gasteiger partial charge in [-0.3, -0.25) is 4.79 Å². The SMILES string of the molecule is CN1C(=O)N(c2c(F)cc(I)cc2F)C(=O)CC1(C)c1cnn(COCC[Si](C)(C)C)c1. The molecule has 1 aliphatic heterocycles. The zero-order valence-electron chi connectivity index (χ0n) is 18.8. The lowest BCUT2D eigenvalue weighted by atomic mass is 9.87. The Kier molecular flexibility index (Phi) is 7.10. The molecule has 2 heterocycles. The molecule has 3 rings (SSSR count). The van der Waals surface area contributed by atoms with Crippen LogP contribution in [-0.2, 0) is 21.8 Å². The standard InChI is InChI=1S/C21H27F2IN4O3Si/c1-21(14-11-25-27(12-14)13-31-6-7-32(3,4)5)10-18(29)28(20(30)26(21)2)19-16(22)8-15(24)9-17(19)23/h8-9,11-12H,6-7,10,13H2,1-5H3. The van der Waals surface area contributed by atoms with E-state index in [0.29, 0.717) is 20.6 Å². The van der Waals surface area contributed by atoms with E-state index in [2.05, 4.69) is 24.7 Å². The predicted octanol–water partition coefficient (Wildman–Crippen LogP) is 4.78. The smallest absolute Gasteiger partial charge is 0.332 e. The number of carbonyl (C=O) groups is 2. The number of anilines is 1. The Balaban J connectivity index is 1.79. The highest BCUT2D eigenvalue weighted by atomic mass is 127. The minimum atomic E-state index is -1.19. The van der Waals surface area contributed by atoms with Crippen LogP contribution in [0.2, 0.25) is 25.7 Å². The molecule has 1 aromatic carbocycles. The predicted molar refractivity (Wildman–Crippen MR) is 128 cm³/mol. The fourth-order valence-corrected chi connectivity index (χ4v) is 4.78.